The highest BCUT2D eigenvalue weighted by Crippen LogP contribution is 2.59. The van der Waals surface area contributed by atoms with Crippen molar-refractivity contribution in [3.05, 3.63) is 29.3 Å². The minimum Gasteiger partial charge on any atom is -0.508 e. The Morgan fingerprint density at radius 3 is 2.76 bits per heavy atom. The second kappa shape index (κ2) is 3.51. The summed E-state index contributed by atoms with van der Waals surface area (Å²) in [7, 11) is 0. The molecular formula is C16H22O. The molecule has 0 aliphatic heterocycles. The number of aromatic hydroxyl groups is 1. The van der Waals surface area contributed by atoms with Crippen LogP contribution in [-0.4, -0.2) is 5.11 Å². The first-order valence-electron chi connectivity index (χ1n) is 6.84. The fraction of sp³-hybridized carbons (Fsp3) is 0.625. The highest BCUT2D eigenvalue weighted by Gasteiger charge is 2.48. The van der Waals surface area contributed by atoms with Crippen LogP contribution in [0.15, 0.2) is 18.2 Å². The Labute approximate surface area is 104 Å². The van der Waals surface area contributed by atoms with E-state index in [2.05, 4.69) is 26.8 Å². The van der Waals surface area contributed by atoms with E-state index in [1.165, 1.54) is 30.4 Å². The summed E-state index contributed by atoms with van der Waals surface area (Å²) in [4.78, 5) is 0. The van der Waals surface area contributed by atoms with Gasteiger partial charge in [0.25, 0.3) is 0 Å². The molecule has 1 heteroatoms. The molecule has 1 aromatic rings. The smallest absolute Gasteiger partial charge is 0.119 e. The van der Waals surface area contributed by atoms with Crippen molar-refractivity contribution >= 4 is 0 Å². The molecule has 17 heavy (non-hydrogen) atoms. The van der Waals surface area contributed by atoms with E-state index in [-0.39, 0.29) is 5.41 Å². The molecule has 0 heterocycles. The van der Waals surface area contributed by atoms with Gasteiger partial charge in [-0.15, -0.1) is 0 Å². The number of rotatable bonds is 0. The molecule has 1 aromatic carbocycles. The van der Waals surface area contributed by atoms with Crippen molar-refractivity contribution in [2.75, 3.05) is 0 Å². The van der Waals surface area contributed by atoms with Gasteiger partial charge in [-0.1, -0.05) is 39.3 Å². The summed E-state index contributed by atoms with van der Waals surface area (Å²) >= 11 is 0. The van der Waals surface area contributed by atoms with E-state index in [9.17, 15) is 5.11 Å². The van der Waals surface area contributed by atoms with E-state index in [1.807, 2.05) is 12.1 Å². The van der Waals surface area contributed by atoms with Gasteiger partial charge in [0.1, 0.15) is 5.75 Å². The zero-order valence-corrected chi connectivity index (χ0v) is 11.0. The number of hydrogen-bond acceptors (Lipinski definition) is 1. The molecule has 3 rings (SSSR count). The molecule has 2 aliphatic rings. The summed E-state index contributed by atoms with van der Waals surface area (Å²) in [6, 6.07) is 6.07. The van der Waals surface area contributed by atoms with E-state index in [0.29, 0.717) is 11.7 Å². The molecule has 92 valence electrons. The van der Waals surface area contributed by atoms with E-state index in [0.717, 1.165) is 11.8 Å². The Bertz CT molecular complexity index is 447. The maximum absolute atomic E-state index is 10.2. The van der Waals surface area contributed by atoms with Crippen LogP contribution in [0.1, 0.15) is 57.1 Å². The van der Waals surface area contributed by atoms with Gasteiger partial charge in [0.15, 0.2) is 0 Å². The van der Waals surface area contributed by atoms with Gasteiger partial charge in [0.05, 0.1) is 0 Å². The molecule has 1 saturated carbocycles. The third-order valence-electron chi connectivity index (χ3n) is 5.19. The fourth-order valence-corrected chi connectivity index (χ4v) is 4.27. The summed E-state index contributed by atoms with van der Waals surface area (Å²) in [5.74, 6) is 2.64. The van der Waals surface area contributed by atoms with Gasteiger partial charge < -0.3 is 5.11 Å². The molecule has 0 amide bonds. The SMILES string of the molecule is C[C@H]1CC[C@H]2[C@H](C1)c1c(O)cccc1C2(C)C. The van der Waals surface area contributed by atoms with Crippen molar-refractivity contribution in [3.8, 4) is 5.75 Å². The maximum Gasteiger partial charge on any atom is 0.119 e. The lowest BCUT2D eigenvalue weighted by atomic mass is 9.67. The summed E-state index contributed by atoms with van der Waals surface area (Å²) < 4.78 is 0. The molecule has 1 fully saturated rings. The van der Waals surface area contributed by atoms with Gasteiger partial charge in [0.2, 0.25) is 0 Å². The maximum atomic E-state index is 10.2. The van der Waals surface area contributed by atoms with E-state index < -0.39 is 0 Å². The Hall–Kier alpha value is -0.980. The lowest BCUT2D eigenvalue weighted by molar-refractivity contribution is 0.194. The first kappa shape index (κ1) is 11.1. The van der Waals surface area contributed by atoms with Crippen LogP contribution in [0.4, 0.5) is 0 Å². The monoisotopic (exact) mass is 230 g/mol. The number of fused-ring (bicyclic) bond motifs is 3. The number of phenolic OH excluding ortho intramolecular Hbond substituents is 1. The predicted molar refractivity (Wildman–Crippen MR) is 70.4 cm³/mol. The molecule has 0 bridgehead atoms. The molecule has 0 spiro atoms. The van der Waals surface area contributed by atoms with Crippen molar-refractivity contribution in [2.24, 2.45) is 11.8 Å². The van der Waals surface area contributed by atoms with Gasteiger partial charge in [0, 0.05) is 5.56 Å². The summed E-state index contributed by atoms with van der Waals surface area (Å²) in [6.45, 7) is 7.05. The molecule has 0 radical (unpaired) electrons. The standard InChI is InChI=1S/C16H22O/c1-10-7-8-12-11(9-10)15-13(16(12,2)3)5-4-6-14(15)17/h4-6,10-12,17H,7-9H2,1-3H3/t10-,11-,12-/m0/s1. The minimum atomic E-state index is 0.235. The highest BCUT2D eigenvalue weighted by atomic mass is 16.3. The molecule has 3 atom stereocenters. The average molecular weight is 230 g/mol. The average Bonchev–Trinajstić information content (AvgIpc) is 2.49. The van der Waals surface area contributed by atoms with Crippen LogP contribution in [0, 0.1) is 11.8 Å². The van der Waals surface area contributed by atoms with Crippen molar-refractivity contribution < 1.29 is 5.11 Å². The first-order valence-corrected chi connectivity index (χ1v) is 6.84. The molecule has 0 saturated heterocycles. The number of phenols is 1. The molecule has 0 aromatic heterocycles. The van der Waals surface area contributed by atoms with Crippen LogP contribution < -0.4 is 0 Å². The third-order valence-corrected chi connectivity index (χ3v) is 5.19. The topological polar surface area (TPSA) is 20.2 Å². The van der Waals surface area contributed by atoms with Gasteiger partial charge in [-0.25, -0.2) is 0 Å². The van der Waals surface area contributed by atoms with Crippen molar-refractivity contribution in [1.29, 1.82) is 0 Å². The van der Waals surface area contributed by atoms with E-state index >= 15 is 0 Å². The van der Waals surface area contributed by atoms with Gasteiger partial charge in [-0.3, -0.25) is 0 Å². The van der Waals surface area contributed by atoms with Crippen LogP contribution in [0.3, 0.4) is 0 Å². The molecular weight excluding hydrogens is 208 g/mol. The van der Waals surface area contributed by atoms with Crippen LogP contribution in [0.2, 0.25) is 0 Å². The summed E-state index contributed by atoms with van der Waals surface area (Å²) in [5, 5.41) is 10.2. The minimum absolute atomic E-state index is 0.235. The van der Waals surface area contributed by atoms with Crippen molar-refractivity contribution in [2.45, 2.75) is 51.4 Å². The summed E-state index contributed by atoms with van der Waals surface area (Å²) in [5.41, 5.74) is 2.88. The predicted octanol–water partition coefficient (Wildman–Crippen LogP) is 4.20. The quantitative estimate of drug-likeness (QED) is 0.708. The van der Waals surface area contributed by atoms with Gasteiger partial charge >= 0.3 is 0 Å². The highest BCUT2D eigenvalue weighted by molar-refractivity contribution is 5.51. The van der Waals surface area contributed by atoms with Crippen molar-refractivity contribution in [1.82, 2.24) is 0 Å². The van der Waals surface area contributed by atoms with Crippen LogP contribution in [0.5, 0.6) is 5.75 Å². The Kier molecular flexibility index (Phi) is 2.30. The normalized spacial score (nSPS) is 34.2. The van der Waals surface area contributed by atoms with Crippen LogP contribution in [0.25, 0.3) is 0 Å². The van der Waals surface area contributed by atoms with Crippen LogP contribution >= 0.6 is 0 Å². The van der Waals surface area contributed by atoms with E-state index in [4.69, 9.17) is 0 Å². The Morgan fingerprint density at radius 1 is 1.24 bits per heavy atom. The van der Waals surface area contributed by atoms with Gasteiger partial charge in [-0.05, 0) is 47.6 Å². The van der Waals surface area contributed by atoms with Gasteiger partial charge in [-0.2, -0.15) is 0 Å². The molecule has 0 unspecified atom stereocenters. The fourth-order valence-electron chi connectivity index (χ4n) is 4.27. The lowest BCUT2D eigenvalue weighted by Crippen LogP contribution is -2.30. The number of hydrogen-bond donors (Lipinski definition) is 1. The zero-order valence-electron chi connectivity index (χ0n) is 11.0. The van der Waals surface area contributed by atoms with Crippen molar-refractivity contribution in [3.63, 3.8) is 0 Å². The zero-order chi connectivity index (χ0) is 12.2. The Morgan fingerprint density at radius 2 is 2.00 bits per heavy atom. The molecule has 1 N–H and O–H groups in total. The molecule has 1 nitrogen and oxygen atoms in total. The third kappa shape index (κ3) is 1.44. The second-order valence-corrected chi connectivity index (χ2v) is 6.59. The van der Waals surface area contributed by atoms with Crippen LogP contribution in [-0.2, 0) is 5.41 Å². The Balaban J connectivity index is 2.15. The molecule has 2 aliphatic carbocycles. The largest absolute Gasteiger partial charge is 0.508 e. The lowest BCUT2D eigenvalue weighted by Gasteiger charge is -2.37. The van der Waals surface area contributed by atoms with E-state index in [1.54, 1.807) is 0 Å². The second-order valence-electron chi connectivity index (χ2n) is 6.59. The first-order chi connectivity index (χ1) is 8.01. The summed E-state index contributed by atoms with van der Waals surface area (Å²) in [6.07, 6.45) is 3.91. The number of benzene rings is 1.